The largest absolute Gasteiger partial charge is 0.455 e. The Morgan fingerprint density at radius 2 is 1.62 bits per heavy atom. The first kappa shape index (κ1) is 18.4. The van der Waals surface area contributed by atoms with E-state index in [4.69, 9.17) is 4.74 Å². The van der Waals surface area contributed by atoms with Gasteiger partial charge < -0.3 is 15.0 Å². The number of hydrogen-bond acceptors (Lipinski definition) is 5. The van der Waals surface area contributed by atoms with Gasteiger partial charge in [-0.3, -0.25) is 9.59 Å². The van der Waals surface area contributed by atoms with Gasteiger partial charge in [0.05, 0.1) is 23.0 Å². The van der Waals surface area contributed by atoms with Crippen LogP contribution in [0.4, 0.5) is 24.5 Å². The van der Waals surface area contributed by atoms with Crippen LogP contribution in [0.25, 0.3) is 0 Å². The second kappa shape index (κ2) is 7.46. The molecule has 2 heterocycles. The van der Waals surface area contributed by atoms with Gasteiger partial charge >= 0.3 is 6.18 Å². The number of carbonyl (C=O) groups excluding carboxylic acids is 2. The molecule has 26 heavy (non-hydrogen) atoms. The lowest BCUT2D eigenvalue weighted by molar-refractivity contribution is -0.0882. The predicted octanol–water partition coefficient (Wildman–Crippen LogP) is 3.58. The van der Waals surface area contributed by atoms with E-state index in [9.17, 15) is 22.8 Å². The molecule has 0 atom stereocenters. The van der Waals surface area contributed by atoms with Gasteiger partial charge in [0.15, 0.2) is 0 Å². The van der Waals surface area contributed by atoms with Crippen LogP contribution in [0.15, 0.2) is 36.4 Å². The average molecular weight is 384 g/mol. The summed E-state index contributed by atoms with van der Waals surface area (Å²) in [5, 5.41) is 2.62. The Kier molecular flexibility index (Phi) is 5.28. The maximum absolute atomic E-state index is 12.4. The average Bonchev–Trinajstić information content (AvgIpc) is 3.12. The molecule has 9 heteroatoms. The van der Waals surface area contributed by atoms with Crippen LogP contribution < -0.4 is 10.2 Å². The molecule has 1 aromatic heterocycles. The van der Waals surface area contributed by atoms with Crippen molar-refractivity contribution in [3.05, 3.63) is 46.2 Å². The molecule has 3 rings (SSSR count). The van der Waals surface area contributed by atoms with E-state index in [-0.39, 0.29) is 4.88 Å². The third kappa shape index (κ3) is 4.23. The van der Waals surface area contributed by atoms with E-state index in [1.54, 1.807) is 12.1 Å². The number of nitrogens with one attached hydrogen (secondary N) is 1. The number of carbonyl (C=O) groups is 2. The zero-order chi connectivity index (χ0) is 18.7. The summed E-state index contributed by atoms with van der Waals surface area (Å²) in [5.41, 5.74) is 1.52. The summed E-state index contributed by atoms with van der Waals surface area (Å²) in [6.07, 6.45) is -4.95. The maximum Gasteiger partial charge on any atom is 0.455 e. The summed E-state index contributed by atoms with van der Waals surface area (Å²) in [4.78, 5) is 25.0. The molecule has 1 aliphatic rings. The number of morpholine rings is 1. The fraction of sp³-hybridized carbons (Fsp3) is 0.294. The topological polar surface area (TPSA) is 58.6 Å². The minimum Gasteiger partial charge on any atom is -0.378 e. The van der Waals surface area contributed by atoms with Gasteiger partial charge in [0.25, 0.3) is 11.7 Å². The van der Waals surface area contributed by atoms with Gasteiger partial charge in [-0.1, -0.05) is 0 Å². The van der Waals surface area contributed by atoms with E-state index in [0.29, 0.717) is 30.2 Å². The Hall–Kier alpha value is -2.39. The van der Waals surface area contributed by atoms with Crippen LogP contribution in [0, 0.1) is 0 Å². The molecule has 138 valence electrons. The van der Waals surface area contributed by atoms with Crippen molar-refractivity contribution in [2.75, 3.05) is 36.5 Å². The summed E-state index contributed by atoms with van der Waals surface area (Å²) in [5.74, 6) is -2.51. The lowest BCUT2D eigenvalue weighted by Gasteiger charge is -2.28. The van der Waals surface area contributed by atoms with Gasteiger partial charge in [0, 0.05) is 24.5 Å². The molecule has 1 aromatic carbocycles. The minimum absolute atomic E-state index is 0.0369. The van der Waals surface area contributed by atoms with E-state index in [0.717, 1.165) is 24.8 Å². The van der Waals surface area contributed by atoms with E-state index in [1.165, 1.54) is 6.07 Å². The normalized spacial score (nSPS) is 15.0. The third-order valence-electron chi connectivity index (χ3n) is 3.81. The molecule has 0 unspecified atom stereocenters. The van der Waals surface area contributed by atoms with Crippen LogP contribution in [0.1, 0.15) is 19.3 Å². The quantitative estimate of drug-likeness (QED) is 0.819. The Balaban J connectivity index is 1.65. The van der Waals surface area contributed by atoms with Gasteiger partial charge in [0.2, 0.25) is 0 Å². The van der Waals surface area contributed by atoms with E-state index in [2.05, 4.69) is 10.2 Å². The highest BCUT2D eigenvalue weighted by molar-refractivity contribution is 7.16. The Labute approximate surface area is 151 Å². The van der Waals surface area contributed by atoms with Crippen LogP contribution in [0.2, 0.25) is 0 Å². The third-order valence-corrected chi connectivity index (χ3v) is 4.90. The van der Waals surface area contributed by atoms with E-state index in [1.807, 2.05) is 12.1 Å². The van der Waals surface area contributed by atoms with Crippen molar-refractivity contribution in [2.24, 2.45) is 0 Å². The van der Waals surface area contributed by atoms with Crippen LogP contribution in [-0.4, -0.2) is 44.2 Å². The van der Waals surface area contributed by atoms with Crippen molar-refractivity contribution < 1.29 is 27.5 Å². The minimum atomic E-state index is -4.95. The SMILES string of the molecule is O=C(Nc1ccc(N2CCOCC2)cc1)c1ccc(C(=O)C(F)(F)F)s1. The summed E-state index contributed by atoms with van der Waals surface area (Å²) < 4.78 is 42.6. The molecule has 1 fully saturated rings. The molecule has 5 nitrogen and oxygen atoms in total. The molecule has 1 amide bonds. The first-order valence-corrected chi connectivity index (χ1v) is 8.62. The molecule has 0 radical (unpaired) electrons. The highest BCUT2D eigenvalue weighted by Crippen LogP contribution is 2.27. The number of alkyl halides is 3. The number of amides is 1. The van der Waals surface area contributed by atoms with E-state index < -0.39 is 22.7 Å². The van der Waals surface area contributed by atoms with Gasteiger partial charge in [0.1, 0.15) is 0 Å². The number of nitrogens with zero attached hydrogens (tertiary/aromatic N) is 1. The molecule has 1 N–H and O–H groups in total. The van der Waals surface area contributed by atoms with Gasteiger partial charge in [-0.15, -0.1) is 11.3 Å². The second-order valence-corrected chi connectivity index (χ2v) is 6.67. The zero-order valence-corrected chi connectivity index (χ0v) is 14.3. The Morgan fingerprint density at radius 1 is 1.00 bits per heavy atom. The standard InChI is InChI=1S/C17H15F3N2O3S/c18-17(19,20)15(23)13-5-6-14(26-13)16(24)21-11-1-3-12(4-2-11)22-7-9-25-10-8-22/h1-6H,7-10H2,(H,21,24). The first-order valence-electron chi connectivity index (χ1n) is 7.80. The molecular formula is C17H15F3N2O3S. The van der Waals surface area contributed by atoms with Crippen molar-refractivity contribution in [3.8, 4) is 0 Å². The molecule has 2 aromatic rings. The first-order chi connectivity index (χ1) is 12.3. The zero-order valence-electron chi connectivity index (χ0n) is 13.5. The van der Waals surface area contributed by atoms with Crippen molar-refractivity contribution in [1.29, 1.82) is 0 Å². The summed E-state index contributed by atoms with van der Waals surface area (Å²) in [6, 6.07) is 9.37. The number of thiophene rings is 1. The molecular weight excluding hydrogens is 369 g/mol. The van der Waals surface area contributed by atoms with Crippen molar-refractivity contribution >= 4 is 34.4 Å². The second-order valence-electron chi connectivity index (χ2n) is 5.59. The molecule has 0 saturated carbocycles. The highest BCUT2D eigenvalue weighted by atomic mass is 32.1. The summed E-state index contributed by atoms with van der Waals surface area (Å²) in [7, 11) is 0. The molecule has 0 aliphatic carbocycles. The van der Waals surface area contributed by atoms with Crippen molar-refractivity contribution in [1.82, 2.24) is 0 Å². The molecule has 0 spiro atoms. The number of ether oxygens (including phenoxy) is 1. The molecule has 0 bridgehead atoms. The number of Topliss-reactive ketones (excluding diaryl/α,β-unsaturated/α-hetero) is 1. The Morgan fingerprint density at radius 3 is 2.23 bits per heavy atom. The van der Waals surface area contributed by atoms with Crippen LogP contribution >= 0.6 is 11.3 Å². The number of anilines is 2. The number of benzene rings is 1. The predicted molar refractivity (Wildman–Crippen MR) is 92.1 cm³/mol. The smallest absolute Gasteiger partial charge is 0.378 e. The van der Waals surface area contributed by atoms with Gasteiger partial charge in [-0.25, -0.2) is 0 Å². The Bertz CT molecular complexity index is 796. The number of ketones is 1. The van der Waals surface area contributed by atoms with Crippen molar-refractivity contribution in [3.63, 3.8) is 0 Å². The fourth-order valence-electron chi connectivity index (χ4n) is 2.49. The van der Waals surface area contributed by atoms with Gasteiger partial charge in [-0.2, -0.15) is 13.2 Å². The number of hydrogen-bond donors (Lipinski definition) is 1. The lowest BCUT2D eigenvalue weighted by atomic mass is 10.2. The maximum atomic E-state index is 12.4. The van der Waals surface area contributed by atoms with E-state index >= 15 is 0 Å². The highest BCUT2D eigenvalue weighted by Gasteiger charge is 2.40. The fourth-order valence-corrected chi connectivity index (χ4v) is 3.35. The number of rotatable bonds is 4. The lowest BCUT2D eigenvalue weighted by Crippen LogP contribution is -2.36. The number of halogens is 3. The molecule has 1 saturated heterocycles. The summed E-state index contributed by atoms with van der Waals surface area (Å²) in [6.45, 7) is 2.90. The van der Waals surface area contributed by atoms with Gasteiger partial charge in [-0.05, 0) is 36.4 Å². The van der Waals surface area contributed by atoms with Crippen LogP contribution in [0.3, 0.4) is 0 Å². The van der Waals surface area contributed by atoms with Crippen molar-refractivity contribution in [2.45, 2.75) is 6.18 Å². The van der Waals surface area contributed by atoms with Crippen LogP contribution in [-0.2, 0) is 4.74 Å². The monoisotopic (exact) mass is 384 g/mol. The summed E-state index contributed by atoms with van der Waals surface area (Å²) >= 11 is 0.517. The van der Waals surface area contributed by atoms with Crippen LogP contribution in [0.5, 0.6) is 0 Å². The molecule has 1 aliphatic heterocycles.